The number of urea groups is 1. The van der Waals surface area contributed by atoms with Crippen LogP contribution in [-0.2, 0) is 0 Å². The van der Waals surface area contributed by atoms with Gasteiger partial charge in [0.15, 0.2) is 5.96 Å². The molecular formula is C9H10ClN5O3. The Balaban J connectivity index is 3.19. The lowest BCUT2D eigenvalue weighted by atomic mass is 10.2. The Morgan fingerprint density at radius 2 is 2.22 bits per heavy atom. The lowest BCUT2D eigenvalue weighted by Crippen LogP contribution is -2.44. The van der Waals surface area contributed by atoms with Crippen LogP contribution in [0.4, 0.5) is 16.2 Å². The van der Waals surface area contributed by atoms with Crippen LogP contribution in [0.25, 0.3) is 0 Å². The lowest BCUT2D eigenvalue weighted by molar-refractivity contribution is -0.384. The highest BCUT2D eigenvalue weighted by Crippen LogP contribution is 2.34. The van der Waals surface area contributed by atoms with Gasteiger partial charge in [0, 0.05) is 13.1 Å². The van der Waals surface area contributed by atoms with Crippen molar-refractivity contribution < 1.29 is 9.72 Å². The quantitative estimate of drug-likeness (QED) is 0.324. The van der Waals surface area contributed by atoms with Gasteiger partial charge in [-0.1, -0.05) is 17.7 Å². The molecule has 9 heteroatoms. The van der Waals surface area contributed by atoms with Crippen molar-refractivity contribution in [2.45, 2.75) is 0 Å². The Hall–Kier alpha value is -2.35. The Labute approximate surface area is 107 Å². The minimum atomic E-state index is -0.793. The van der Waals surface area contributed by atoms with Gasteiger partial charge in [-0.25, -0.2) is 4.79 Å². The van der Waals surface area contributed by atoms with Crippen LogP contribution in [-0.4, -0.2) is 24.0 Å². The van der Waals surface area contributed by atoms with Crippen molar-refractivity contribution in [3.05, 3.63) is 33.3 Å². The van der Waals surface area contributed by atoms with E-state index in [2.05, 4.69) is 0 Å². The monoisotopic (exact) mass is 271 g/mol. The van der Waals surface area contributed by atoms with Gasteiger partial charge < -0.3 is 5.73 Å². The molecule has 1 aromatic rings. The van der Waals surface area contributed by atoms with Crippen molar-refractivity contribution >= 4 is 35.0 Å². The fourth-order valence-corrected chi connectivity index (χ4v) is 1.58. The number of nitrogens with zero attached hydrogens (tertiary/aromatic N) is 2. The first-order valence-electron chi connectivity index (χ1n) is 4.66. The number of nitrogens with two attached hydrogens (primary N) is 1. The Morgan fingerprint density at radius 1 is 1.61 bits per heavy atom. The average Bonchev–Trinajstić information content (AvgIpc) is 2.26. The number of guanidine groups is 1. The standard InChI is InChI=1S/C9H10ClN5O3/c1-14(9(16)13-8(11)12)7-5(10)3-2-4-6(7)15(17)18/h2-4H,1H3,(H4,11,12,13,16). The van der Waals surface area contributed by atoms with Gasteiger partial charge in [-0.2, -0.15) is 0 Å². The van der Waals surface area contributed by atoms with E-state index in [0.717, 1.165) is 4.90 Å². The Morgan fingerprint density at radius 3 is 2.72 bits per heavy atom. The normalized spacial score (nSPS) is 9.67. The molecule has 0 heterocycles. The summed E-state index contributed by atoms with van der Waals surface area (Å²) in [6.45, 7) is 0. The number of hydrogen-bond acceptors (Lipinski definition) is 4. The molecule has 0 aliphatic carbocycles. The summed E-state index contributed by atoms with van der Waals surface area (Å²) in [5.41, 5.74) is 4.62. The summed E-state index contributed by atoms with van der Waals surface area (Å²) in [5.74, 6) is -0.568. The summed E-state index contributed by atoms with van der Waals surface area (Å²) in [6.07, 6.45) is 0. The van der Waals surface area contributed by atoms with E-state index in [9.17, 15) is 14.9 Å². The van der Waals surface area contributed by atoms with Gasteiger partial charge in [-0.05, 0) is 6.07 Å². The summed E-state index contributed by atoms with van der Waals surface area (Å²) in [4.78, 5) is 22.7. The van der Waals surface area contributed by atoms with E-state index < -0.39 is 16.9 Å². The number of carbonyl (C=O) groups excluding carboxylic acids is 1. The number of hydrogen-bond donors (Lipinski definition) is 3. The Bertz CT molecular complexity index is 519. The number of carbonyl (C=O) groups is 1. The summed E-state index contributed by atoms with van der Waals surface area (Å²) in [5, 5.41) is 19.8. The summed E-state index contributed by atoms with van der Waals surface area (Å²) in [6, 6.07) is 3.25. The van der Waals surface area contributed by atoms with E-state index >= 15 is 0 Å². The van der Waals surface area contributed by atoms with Crippen LogP contribution in [0, 0.1) is 15.5 Å². The number of para-hydroxylation sites is 1. The van der Waals surface area contributed by atoms with Crippen LogP contribution < -0.4 is 16.0 Å². The van der Waals surface area contributed by atoms with Gasteiger partial charge in [0.2, 0.25) is 0 Å². The number of nitrogens with one attached hydrogen (secondary N) is 2. The van der Waals surface area contributed by atoms with E-state index in [4.69, 9.17) is 22.7 Å². The first-order chi connectivity index (χ1) is 8.34. The second kappa shape index (κ2) is 5.32. The number of nitro groups is 1. The van der Waals surface area contributed by atoms with E-state index in [1.165, 1.54) is 25.2 Å². The number of anilines is 1. The lowest BCUT2D eigenvalue weighted by Gasteiger charge is -2.18. The molecule has 1 aromatic carbocycles. The SMILES string of the molecule is CN(C(=O)NC(=N)N)c1c(Cl)cccc1[N+](=O)[O-]. The van der Waals surface area contributed by atoms with Gasteiger partial charge in [0.25, 0.3) is 5.69 Å². The zero-order valence-electron chi connectivity index (χ0n) is 9.31. The van der Waals surface area contributed by atoms with Crippen molar-refractivity contribution in [3.8, 4) is 0 Å². The number of amides is 2. The fraction of sp³-hybridized carbons (Fsp3) is 0.111. The third-order valence-corrected chi connectivity index (χ3v) is 2.35. The maximum Gasteiger partial charge on any atom is 0.328 e. The molecule has 1 rings (SSSR count). The zero-order chi connectivity index (χ0) is 13.9. The molecule has 0 saturated carbocycles. The molecule has 2 amide bonds. The van der Waals surface area contributed by atoms with Crippen LogP contribution in [0.5, 0.6) is 0 Å². The van der Waals surface area contributed by atoms with Gasteiger partial charge in [0.1, 0.15) is 5.69 Å². The largest absolute Gasteiger partial charge is 0.370 e. The third-order valence-electron chi connectivity index (χ3n) is 2.04. The molecule has 0 bridgehead atoms. The van der Waals surface area contributed by atoms with Gasteiger partial charge in [-0.15, -0.1) is 0 Å². The summed E-state index contributed by atoms with van der Waals surface area (Å²) >= 11 is 5.84. The van der Waals surface area contributed by atoms with Crippen molar-refractivity contribution in [2.24, 2.45) is 5.73 Å². The van der Waals surface area contributed by atoms with Crippen molar-refractivity contribution in [3.63, 3.8) is 0 Å². The Kier molecular flexibility index (Phi) is 4.05. The highest BCUT2D eigenvalue weighted by Gasteiger charge is 2.24. The molecule has 0 aliphatic rings. The van der Waals surface area contributed by atoms with E-state index in [1.54, 1.807) is 0 Å². The third kappa shape index (κ3) is 2.86. The number of halogens is 1. The minimum Gasteiger partial charge on any atom is -0.370 e. The molecule has 18 heavy (non-hydrogen) atoms. The highest BCUT2D eigenvalue weighted by atomic mass is 35.5. The van der Waals surface area contributed by atoms with Crippen molar-refractivity contribution in [1.29, 1.82) is 5.41 Å². The molecule has 0 aromatic heterocycles. The molecule has 8 nitrogen and oxygen atoms in total. The van der Waals surface area contributed by atoms with Crippen LogP contribution >= 0.6 is 11.6 Å². The summed E-state index contributed by atoms with van der Waals surface area (Å²) in [7, 11) is 1.28. The van der Waals surface area contributed by atoms with E-state index in [-0.39, 0.29) is 16.4 Å². The van der Waals surface area contributed by atoms with Crippen LogP contribution in [0.15, 0.2) is 18.2 Å². The fourth-order valence-electron chi connectivity index (χ4n) is 1.28. The molecule has 0 saturated heterocycles. The molecule has 0 atom stereocenters. The zero-order valence-corrected chi connectivity index (χ0v) is 10.1. The van der Waals surface area contributed by atoms with Crippen molar-refractivity contribution in [2.75, 3.05) is 11.9 Å². The number of rotatable bonds is 2. The number of benzene rings is 1. The molecule has 96 valence electrons. The molecular weight excluding hydrogens is 262 g/mol. The molecule has 0 unspecified atom stereocenters. The van der Waals surface area contributed by atoms with Gasteiger partial charge >= 0.3 is 6.03 Å². The second-order valence-corrected chi connectivity index (χ2v) is 3.67. The molecule has 4 N–H and O–H groups in total. The highest BCUT2D eigenvalue weighted by molar-refractivity contribution is 6.34. The molecule has 0 radical (unpaired) electrons. The summed E-state index contributed by atoms with van der Waals surface area (Å²) < 4.78 is 0. The maximum atomic E-state index is 11.6. The predicted octanol–water partition coefficient (Wildman–Crippen LogP) is 1.29. The molecule has 0 aliphatic heterocycles. The topological polar surface area (TPSA) is 125 Å². The number of nitro benzene ring substituents is 1. The average molecular weight is 272 g/mol. The second-order valence-electron chi connectivity index (χ2n) is 3.27. The molecule has 0 fully saturated rings. The molecule has 0 spiro atoms. The smallest absolute Gasteiger partial charge is 0.328 e. The van der Waals surface area contributed by atoms with E-state index in [1.807, 2.05) is 5.32 Å². The minimum absolute atomic E-state index is 0.0467. The first kappa shape index (κ1) is 13.7. The van der Waals surface area contributed by atoms with Gasteiger partial charge in [-0.3, -0.25) is 25.7 Å². The first-order valence-corrected chi connectivity index (χ1v) is 5.04. The van der Waals surface area contributed by atoms with Crippen LogP contribution in [0.3, 0.4) is 0 Å². The van der Waals surface area contributed by atoms with Crippen LogP contribution in [0.2, 0.25) is 5.02 Å². The van der Waals surface area contributed by atoms with Crippen molar-refractivity contribution in [1.82, 2.24) is 5.32 Å². The van der Waals surface area contributed by atoms with Crippen LogP contribution in [0.1, 0.15) is 0 Å². The van der Waals surface area contributed by atoms with Gasteiger partial charge in [0.05, 0.1) is 9.95 Å². The van der Waals surface area contributed by atoms with E-state index in [0.29, 0.717) is 0 Å². The predicted molar refractivity (Wildman–Crippen MR) is 67.0 cm³/mol. The maximum absolute atomic E-state index is 11.6.